The van der Waals surface area contributed by atoms with Gasteiger partial charge in [-0.15, -0.1) is 0 Å². The van der Waals surface area contributed by atoms with Crippen LogP contribution < -0.4 is 4.90 Å². The van der Waals surface area contributed by atoms with Crippen LogP contribution in [0.25, 0.3) is 0 Å². The van der Waals surface area contributed by atoms with Gasteiger partial charge in [0.15, 0.2) is 0 Å². The Kier molecular flexibility index (Phi) is 8.84. The van der Waals surface area contributed by atoms with Crippen LogP contribution in [0.3, 0.4) is 0 Å². The summed E-state index contributed by atoms with van der Waals surface area (Å²) >= 11 is 7.46. The summed E-state index contributed by atoms with van der Waals surface area (Å²) in [5.74, 6) is -1.36. The highest BCUT2D eigenvalue weighted by molar-refractivity contribution is 9.09. The number of hydrogen-bond donors (Lipinski definition) is 1. The first-order valence-electron chi connectivity index (χ1n) is 6.26. The van der Waals surface area contributed by atoms with Crippen LogP contribution in [0.1, 0.15) is 10.4 Å². The lowest BCUT2D eigenvalue weighted by atomic mass is 10.1. The Labute approximate surface area is 153 Å². The third-order valence-corrected chi connectivity index (χ3v) is 4.17. The Bertz CT molecular complexity index is 569. The molecule has 0 bridgehead atoms. The zero-order valence-electron chi connectivity index (χ0n) is 12.0. The van der Waals surface area contributed by atoms with E-state index in [1.165, 1.54) is 19.2 Å². The first-order chi connectivity index (χ1) is 11.0. The highest BCUT2D eigenvalue weighted by Crippen LogP contribution is 2.37. The fourth-order valence-corrected chi connectivity index (χ4v) is 3.25. The molecule has 1 rings (SSSR count). The molecule has 0 aliphatic heterocycles. The van der Waals surface area contributed by atoms with Crippen LogP contribution in [-0.4, -0.2) is 46.9 Å². The maximum absolute atomic E-state index is 11.3. The van der Waals surface area contributed by atoms with Crippen molar-refractivity contribution >= 4 is 61.2 Å². The van der Waals surface area contributed by atoms with Crippen molar-refractivity contribution in [3.63, 3.8) is 0 Å². The molecule has 0 aliphatic carbocycles. The molecule has 0 amide bonds. The molecule has 0 aliphatic rings. The van der Waals surface area contributed by atoms with Gasteiger partial charge < -0.3 is 10.0 Å². The van der Waals surface area contributed by atoms with E-state index in [9.17, 15) is 20.0 Å². The Morgan fingerprint density at radius 2 is 2.00 bits per heavy atom. The molecule has 11 heteroatoms. The summed E-state index contributed by atoms with van der Waals surface area (Å²) in [6.07, 6.45) is 0. The molecule has 0 aromatic heterocycles. The quantitative estimate of drug-likeness (QED) is 0.181. The topological polar surface area (TPSA) is 102 Å². The molecule has 23 heavy (non-hydrogen) atoms. The van der Waals surface area contributed by atoms with Gasteiger partial charge in [-0.1, -0.05) is 31.9 Å². The molecule has 0 saturated heterocycles. The van der Waals surface area contributed by atoms with E-state index in [4.69, 9.17) is 4.33 Å². The van der Waals surface area contributed by atoms with E-state index < -0.39 is 16.6 Å². The molecule has 0 radical (unpaired) electrons. The zero-order valence-corrected chi connectivity index (χ0v) is 16.0. The van der Waals surface area contributed by atoms with Crippen molar-refractivity contribution in [1.82, 2.24) is 0 Å². The number of alkyl halides is 2. The number of nitro benzene ring substituents is 1. The average Bonchev–Trinajstić information content (AvgIpc) is 2.51. The maximum Gasteiger partial charge on any atom is 0.342 e. The third kappa shape index (κ3) is 5.60. The number of hydrogen-bond acceptors (Lipinski definition) is 7. The van der Waals surface area contributed by atoms with Gasteiger partial charge in [0.2, 0.25) is 0 Å². The molecule has 0 saturated carbocycles. The SMILES string of the molecule is COOSc1cc([N+](=O)[O-])c(C(=O)O)cc1N(CCBr)CCBr. The fraction of sp³-hybridized carbons (Fsp3) is 0.417. The van der Waals surface area contributed by atoms with Gasteiger partial charge in [0.25, 0.3) is 5.69 Å². The first-order valence-corrected chi connectivity index (χ1v) is 9.24. The molecule has 0 fully saturated rings. The Morgan fingerprint density at radius 1 is 1.39 bits per heavy atom. The molecule has 0 unspecified atom stereocenters. The average molecular weight is 474 g/mol. The van der Waals surface area contributed by atoms with Gasteiger partial charge in [-0.25, -0.2) is 9.68 Å². The van der Waals surface area contributed by atoms with Crippen LogP contribution in [0.4, 0.5) is 11.4 Å². The Morgan fingerprint density at radius 3 is 2.43 bits per heavy atom. The second-order valence-electron chi connectivity index (χ2n) is 4.08. The molecular formula is C12H14Br2N2O6S. The predicted molar refractivity (Wildman–Crippen MR) is 93.8 cm³/mol. The highest BCUT2D eigenvalue weighted by atomic mass is 79.9. The third-order valence-electron chi connectivity index (χ3n) is 2.75. The molecule has 0 heterocycles. The number of carboxylic acids is 1. The number of anilines is 1. The number of halogens is 2. The molecule has 8 nitrogen and oxygen atoms in total. The van der Waals surface area contributed by atoms with Gasteiger partial charge in [0, 0.05) is 29.8 Å². The van der Waals surface area contributed by atoms with Gasteiger partial charge in [-0.05, 0) is 6.07 Å². The standard InChI is InChI=1S/C12H14Br2N2O6S/c1-21-22-23-11-7-9(16(19)20)8(12(17)18)6-10(11)15(4-2-13)5-3-14/h6-7H,2-5H2,1H3,(H,17,18). The van der Waals surface area contributed by atoms with Gasteiger partial charge in [0.05, 0.1) is 34.7 Å². The second-order valence-corrected chi connectivity index (χ2v) is 6.41. The van der Waals surface area contributed by atoms with Crippen molar-refractivity contribution in [2.24, 2.45) is 0 Å². The molecule has 0 atom stereocenters. The van der Waals surface area contributed by atoms with Crippen molar-refractivity contribution in [2.75, 3.05) is 35.8 Å². The minimum absolute atomic E-state index is 0.374. The second kappa shape index (κ2) is 10.1. The maximum atomic E-state index is 11.3. The summed E-state index contributed by atoms with van der Waals surface area (Å²) in [7, 11) is 1.31. The van der Waals surface area contributed by atoms with Crippen molar-refractivity contribution in [3.8, 4) is 0 Å². The van der Waals surface area contributed by atoms with Crippen LogP contribution >= 0.6 is 43.9 Å². The molecular weight excluding hydrogens is 460 g/mol. The minimum atomic E-state index is -1.36. The number of carboxylic acid groups (broad SMARTS) is 1. The van der Waals surface area contributed by atoms with Crippen LogP contribution in [-0.2, 0) is 9.22 Å². The minimum Gasteiger partial charge on any atom is -0.477 e. The summed E-state index contributed by atoms with van der Waals surface area (Å²) in [5.41, 5.74) is -0.351. The lowest BCUT2D eigenvalue weighted by Gasteiger charge is -2.25. The fourth-order valence-electron chi connectivity index (χ4n) is 1.82. The summed E-state index contributed by atoms with van der Waals surface area (Å²) in [6.45, 7) is 1.17. The lowest BCUT2D eigenvalue weighted by molar-refractivity contribution is -0.385. The predicted octanol–water partition coefficient (Wildman–Crippen LogP) is 3.47. The lowest BCUT2D eigenvalue weighted by Crippen LogP contribution is -2.28. The van der Waals surface area contributed by atoms with E-state index in [2.05, 4.69) is 36.7 Å². The van der Waals surface area contributed by atoms with Gasteiger partial charge >= 0.3 is 5.97 Å². The van der Waals surface area contributed by atoms with Crippen molar-refractivity contribution in [1.29, 1.82) is 0 Å². The van der Waals surface area contributed by atoms with E-state index in [1.807, 2.05) is 4.90 Å². The molecule has 128 valence electrons. The number of rotatable bonds is 10. The number of carbonyl (C=O) groups is 1. The van der Waals surface area contributed by atoms with E-state index in [0.29, 0.717) is 34.3 Å². The number of aromatic carboxylic acids is 1. The Hall–Kier alpha value is -0.880. The summed E-state index contributed by atoms with van der Waals surface area (Å²) in [6, 6.07) is 2.46. The molecule has 1 aromatic rings. The highest BCUT2D eigenvalue weighted by Gasteiger charge is 2.25. The summed E-state index contributed by atoms with van der Waals surface area (Å²) in [4.78, 5) is 28.5. The Balaban J connectivity index is 3.45. The molecule has 0 spiro atoms. The monoisotopic (exact) mass is 472 g/mol. The number of benzene rings is 1. The smallest absolute Gasteiger partial charge is 0.342 e. The van der Waals surface area contributed by atoms with Crippen LogP contribution in [0.5, 0.6) is 0 Å². The van der Waals surface area contributed by atoms with Crippen molar-refractivity contribution < 1.29 is 24.0 Å². The van der Waals surface area contributed by atoms with E-state index in [1.54, 1.807) is 0 Å². The van der Waals surface area contributed by atoms with Crippen molar-refractivity contribution in [2.45, 2.75) is 4.90 Å². The van der Waals surface area contributed by atoms with Gasteiger partial charge in [0.1, 0.15) is 5.56 Å². The number of nitrogens with zero attached hydrogens (tertiary/aromatic N) is 2. The normalized spacial score (nSPS) is 10.6. The zero-order chi connectivity index (χ0) is 17.4. The van der Waals surface area contributed by atoms with Gasteiger partial charge in [-0.3, -0.25) is 10.1 Å². The van der Waals surface area contributed by atoms with E-state index >= 15 is 0 Å². The molecule has 1 N–H and O–H groups in total. The number of nitro groups is 1. The summed E-state index contributed by atoms with van der Waals surface area (Å²) < 4.78 is 4.80. The van der Waals surface area contributed by atoms with E-state index in [0.717, 1.165) is 12.0 Å². The first kappa shape index (κ1) is 20.2. The van der Waals surface area contributed by atoms with Crippen LogP contribution in [0, 0.1) is 10.1 Å². The largest absolute Gasteiger partial charge is 0.477 e. The van der Waals surface area contributed by atoms with Crippen LogP contribution in [0.2, 0.25) is 0 Å². The van der Waals surface area contributed by atoms with Crippen LogP contribution in [0.15, 0.2) is 17.0 Å². The summed E-state index contributed by atoms with van der Waals surface area (Å²) in [5, 5.41) is 21.7. The molecule has 1 aromatic carbocycles. The van der Waals surface area contributed by atoms with E-state index in [-0.39, 0.29) is 5.56 Å². The van der Waals surface area contributed by atoms with Crippen molar-refractivity contribution in [3.05, 3.63) is 27.8 Å². The van der Waals surface area contributed by atoms with Gasteiger partial charge in [-0.2, -0.15) is 4.33 Å².